The van der Waals surface area contributed by atoms with Gasteiger partial charge in [0.15, 0.2) is 0 Å². The second-order valence-corrected chi connectivity index (χ2v) is 7.51. The predicted molar refractivity (Wildman–Crippen MR) is 104 cm³/mol. The molecule has 2 heterocycles. The number of likely N-dealkylation sites (tertiary alicyclic amines) is 1. The SMILES string of the molecule is N#Cc1ccc(CN2C(=O)N[C@@]3(CCCN(Cc4ccccc4)C3)C2=O)cc1. The first-order valence-corrected chi connectivity index (χ1v) is 9.49. The Bertz CT molecular complexity index is 920. The number of benzene rings is 2. The normalized spacial score (nSPS) is 22.3. The number of carbonyl (C=O) groups excluding carboxylic acids is 2. The molecule has 2 aromatic rings. The molecule has 6 heteroatoms. The molecule has 28 heavy (non-hydrogen) atoms. The van der Waals surface area contributed by atoms with Crippen LogP contribution in [0.25, 0.3) is 0 Å². The first kappa shape index (κ1) is 18.2. The molecular formula is C22H22N4O2. The summed E-state index contributed by atoms with van der Waals surface area (Å²) in [6.45, 7) is 2.42. The van der Waals surface area contributed by atoms with E-state index in [9.17, 15) is 9.59 Å². The number of rotatable bonds is 4. The van der Waals surface area contributed by atoms with Crippen LogP contribution in [0.2, 0.25) is 0 Å². The van der Waals surface area contributed by atoms with E-state index in [2.05, 4.69) is 28.4 Å². The Morgan fingerprint density at radius 3 is 2.43 bits per heavy atom. The smallest absolute Gasteiger partial charge is 0.322 e. The van der Waals surface area contributed by atoms with Crippen LogP contribution < -0.4 is 5.32 Å². The van der Waals surface area contributed by atoms with Gasteiger partial charge in [0.2, 0.25) is 0 Å². The van der Waals surface area contributed by atoms with Gasteiger partial charge in [0.1, 0.15) is 5.54 Å². The molecule has 1 atom stereocenters. The number of nitriles is 1. The number of imide groups is 1. The number of piperidine rings is 1. The highest BCUT2D eigenvalue weighted by Gasteiger charge is 2.52. The van der Waals surface area contributed by atoms with Crippen LogP contribution in [-0.2, 0) is 17.9 Å². The minimum absolute atomic E-state index is 0.153. The van der Waals surface area contributed by atoms with E-state index in [4.69, 9.17) is 5.26 Å². The molecule has 2 aliphatic rings. The highest BCUT2D eigenvalue weighted by molar-refractivity contribution is 6.07. The third-order valence-corrected chi connectivity index (χ3v) is 5.49. The Kier molecular flexibility index (Phi) is 4.84. The first-order chi connectivity index (χ1) is 13.6. The van der Waals surface area contributed by atoms with E-state index in [0.29, 0.717) is 18.5 Å². The number of hydrogen-bond donors (Lipinski definition) is 1. The van der Waals surface area contributed by atoms with Crippen molar-refractivity contribution < 1.29 is 9.59 Å². The van der Waals surface area contributed by atoms with Crippen molar-refractivity contribution in [1.82, 2.24) is 15.1 Å². The fourth-order valence-electron chi connectivity index (χ4n) is 4.08. The van der Waals surface area contributed by atoms with Gasteiger partial charge in [-0.25, -0.2) is 4.79 Å². The van der Waals surface area contributed by atoms with Crippen LogP contribution in [0.15, 0.2) is 54.6 Å². The average Bonchev–Trinajstić information content (AvgIpc) is 2.93. The van der Waals surface area contributed by atoms with Crippen LogP contribution in [0.1, 0.15) is 29.5 Å². The zero-order chi connectivity index (χ0) is 19.6. The van der Waals surface area contributed by atoms with Gasteiger partial charge in [0.25, 0.3) is 5.91 Å². The number of nitrogens with one attached hydrogen (secondary N) is 1. The predicted octanol–water partition coefficient (Wildman–Crippen LogP) is 2.64. The highest BCUT2D eigenvalue weighted by Crippen LogP contribution is 2.30. The Morgan fingerprint density at radius 1 is 1.00 bits per heavy atom. The zero-order valence-electron chi connectivity index (χ0n) is 15.6. The molecule has 2 fully saturated rings. The van der Waals surface area contributed by atoms with Crippen molar-refractivity contribution >= 4 is 11.9 Å². The lowest BCUT2D eigenvalue weighted by Crippen LogP contribution is -2.58. The highest BCUT2D eigenvalue weighted by atomic mass is 16.2. The van der Waals surface area contributed by atoms with E-state index < -0.39 is 5.54 Å². The Labute approximate surface area is 164 Å². The zero-order valence-corrected chi connectivity index (χ0v) is 15.6. The van der Waals surface area contributed by atoms with Gasteiger partial charge in [-0.1, -0.05) is 42.5 Å². The summed E-state index contributed by atoms with van der Waals surface area (Å²) in [6, 6.07) is 18.9. The minimum Gasteiger partial charge on any atom is -0.322 e. The summed E-state index contributed by atoms with van der Waals surface area (Å²) in [7, 11) is 0. The van der Waals surface area contributed by atoms with Gasteiger partial charge in [-0.15, -0.1) is 0 Å². The summed E-state index contributed by atoms with van der Waals surface area (Å²) in [6.07, 6.45) is 1.52. The van der Waals surface area contributed by atoms with E-state index in [1.165, 1.54) is 10.5 Å². The summed E-state index contributed by atoms with van der Waals surface area (Å²) in [5, 5.41) is 11.9. The Morgan fingerprint density at radius 2 is 1.71 bits per heavy atom. The molecule has 2 aromatic carbocycles. The topological polar surface area (TPSA) is 76.4 Å². The van der Waals surface area contributed by atoms with Crippen LogP contribution in [0.3, 0.4) is 0 Å². The second kappa shape index (κ2) is 7.45. The van der Waals surface area contributed by atoms with Crippen LogP contribution in [0, 0.1) is 11.3 Å². The molecule has 6 nitrogen and oxygen atoms in total. The Hall–Kier alpha value is -3.17. The van der Waals surface area contributed by atoms with Crippen LogP contribution in [0.4, 0.5) is 4.79 Å². The van der Waals surface area contributed by atoms with Gasteiger partial charge in [0, 0.05) is 13.1 Å². The summed E-state index contributed by atoms with van der Waals surface area (Å²) >= 11 is 0. The summed E-state index contributed by atoms with van der Waals surface area (Å²) < 4.78 is 0. The van der Waals surface area contributed by atoms with E-state index in [1.807, 2.05) is 18.2 Å². The largest absolute Gasteiger partial charge is 0.325 e. The first-order valence-electron chi connectivity index (χ1n) is 9.49. The maximum atomic E-state index is 13.2. The lowest BCUT2D eigenvalue weighted by Gasteiger charge is -2.38. The van der Waals surface area contributed by atoms with Crippen LogP contribution >= 0.6 is 0 Å². The Balaban J connectivity index is 1.48. The fraction of sp³-hybridized carbons (Fsp3) is 0.318. The monoisotopic (exact) mass is 374 g/mol. The molecule has 1 spiro atoms. The molecule has 3 amide bonds. The average molecular weight is 374 g/mol. The lowest BCUT2D eigenvalue weighted by atomic mass is 9.88. The second-order valence-electron chi connectivity index (χ2n) is 7.51. The van der Waals surface area contributed by atoms with Crippen molar-refractivity contribution in [2.45, 2.75) is 31.5 Å². The molecule has 0 bridgehead atoms. The van der Waals surface area contributed by atoms with E-state index in [1.54, 1.807) is 24.3 Å². The van der Waals surface area contributed by atoms with Crippen LogP contribution in [0.5, 0.6) is 0 Å². The molecule has 2 aliphatic heterocycles. The van der Waals surface area contributed by atoms with E-state index in [-0.39, 0.29) is 18.5 Å². The molecule has 0 radical (unpaired) electrons. The molecule has 1 N–H and O–H groups in total. The maximum absolute atomic E-state index is 13.2. The fourth-order valence-corrected chi connectivity index (χ4v) is 4.08. The third-order valence-electron chi connectivity index (χ3n) is 5.49. The van der Waals surface area contributed by atoms with Gasteiger partial charge < -0.3 is 5.32 Å². The van der Waals surface area contributed by atoms with Crippen molar-refractivity contribution in [3.63, 3.8) is 0 Å². The van der Waals surface area contributed by atoms with Crippen molar-refractivity contribution in [2.24, 2.45) is 0 Å². The number of urea groups is 1. The number of hydrogen-bond acceptors (Lipinski definition) is 4. The standard InChI is InChI=1S/C22H22N4O2/c23-13-17-7-9-19(10-8-17)15-26-20(27)22(24-21(26)28)11-4-12-25(16-22)14-18-5-2-1-3-6-18/h1-3,5-10H,4,11-12,14-16H2,(H,24,28)/t22-/m1/s1. The van der Waals surface area contributed by atoms with Gasteiger partial charge >= 0.3 is 6.03 Å². The molecular weight excluding hydrogens is 352 g/mol. The molecule has 0 unspecified atom stereocenters. The maximum Gasteiger partial charge on any atom is 0.325 e. The van der Waals surface area contributed by atoms with Crippen molar-refractivity contribution in [2.75, 3.05) is 13.1 Å². The van der Waals surface area contributed by atoms with Gasteiger partial charge in [0.05, 0.1) is 18.2 Å². The number of carbonyl (C=O) groups is 2. The van der Waals surface area contributed by atoms with E-state index in [0.717, 1.165) is 25.1 Å². The summed E-state index contributed by atoms with van der Waals surface area (Å²) in [5.41, 5.74) is 1.75. The summed E-state index contributed by atoms with van der Waals surface area (Å²) in [5.74, 6) is -0.153. The molecule has 0 aliphatic carbocycles. The molecule has 142 valence electrons. The van der Waals surface area contributed by atoms with Gasteiger partial charge in [-0.05, 0) is 42.6 Å². The van der Waals surface area contributed by atoms with Gasteiger partial charge in [-0.2, -0.15) is 5.26 Å². The molecule has 0 saturated carbocycles. The van der Waals surface area contributed by atoms with Crippen molar-refractivity contribution in [3.8, 4) is 6.07 Å². The quantitative estimate of drug-likeness (QED) is 0.835. The molecule has 0 aromatic heterocycles. The van der Waals surface area contributed by atoms with Gasteiger partial charge in [-0.3, -0.25) is 14.6 Å². The number of amides is 3. The molecule has 4 rings (SSSR count). The third kappa shape index (κ3) is 3.49. The lowest BCUT2D eigenvalue weighted by molar-refractivity contribution is -0.133. The van der Waals surface area contributed by atoms with Crippen molar-refractivity contribution in [3.05, 3.63) is 71.3 Å². The van der Waals surface area contributed by atoms with Crippen LogP contribution in [-0.4, -0.2) is 40.4 Å². The molecule has 2 saturated heterocycles. The minimum atomic E-state index is -0.837. The van der Waals surface area contributed by atoms with Crippen molar-refractivity contribution in [1.29, 1.82) is 5.26 Å². The van der Waals surface area contributed by atoms with E-state index >= 15 is 0 Å². The number of nitrogens with zero attached hydrogens (tertiary/aromatic N) is 3. The summed E-state index contributed by atoms with van der Waals surface area (Å²) in [4.78, 5) is 29.3.